The highest BCUT2D eigenvalue weighted by molar-refractivity contribution is 14.1. The number of aromatic nitrogens is 2. The SMILES string of the molecule is Clc1cccnc1-n1[c]ccc1I. The largest absolute Gasteiger partial charge is 0.286 e. The lowest BCUT2D eigenvalue weighted by Crippen LogP contribution is -1.98. The Bertz CT molecular complexity index is 425. The Labute approximate surface area is 94.7 Å². The lowest BCUT2D eigenvalue weighted by Gasteiger charge is -2.04. The Morgan fingerprint density at radius 2 is 2.31 bits per heavy atom. The summed E-state index contributed by atoms with van der Waals surface area (Å²) >= 11 is 8.19. The zero-order valence-corrected chi connectivity index (χ0v) is 9.45. The van der Waals surface area contributed by atoms with E-state index in [1.54, 1.807) is 6.20 Å². The Balaban J connectivity index is 2.59. The first-order valence-electron chi connectivity index (χ1n) is 3.65. The molecular weight excluding hydrogens is 298 g/mol. The van der Waals surface area contributed by atoms with Gasteiger partial charge in [0.2, 0.25) is 0 Å². The number of hydrogen-bond donors (Lipinski definition) is 0. The van der Waals surface area contributed by atoms with Crippen LogP contribution in [0.1, 0.15) is 0 Å². The molecule has 0 aromatic carbocycles. The van der Waals surface area contributed by atoms with Crippen LogP contribution in [0, 0.1) is 9.90 Å². The summed E-state index contributed by atoms with van der Waals surface area (Å²) in [4.78, 5) is 4.18. The van der Waals surface area contributed by atoms with E-state index in [9.17, 15) is 0 Å². The average molecular weight is 304 g/mol. The van der Waals surface area contributed by atoms with E-state index in [0.717, 1.165) is 9.52 Å². The van der Waals surface area contributed by atoms with Crippen LogP contribution >= 0.6 is 34.2 Å². The minimum atomic E-state index is 0.632. The van der Waals surface area contributed by atoms with Crippen molar-refractivity contribution in [2.45, 2.75) is 0 Å². The Kier molecular flexibility index (Phi) is 2.55. The molecule has 0 bridgehead atoms. The maximum Gasteiger partial charge on any atom is 0.156 e. The van der Waals surface area contributed by atoms with Gasteiger partial charge in [-0.05, 0) is 46.9 Å². The third-order valence-corrected chi connectivity index (χ3v) is 2.73. The number of pyridine rings is 1. The van der Waals surface area contributed by atoms with E-state index in [2.05, 4.69) is 33.8 Å². The van der Waals surface area contributed by atoms with E-state index < -0.39 is 0 Å². The number of nitrogens with zero attached hydrogens (tertiary/aromatic N) is 2. The quantitative estimate of drug-likeness (QED) is 0.741. The zero-order chi connectivity index (χ0) is 9.26. The van der Waals surface area contributed by atoms with Crippen LogP contribution in [0.15, 0.2) is 30.5 Å². The van der Waals surface area contributed by atoms with Crippen LogP contribution in [-0.2, 0) is 0 Å². The molecule has 0 fully saturated rings. The highest BCUT2D eigenvalue weighted by Gasteiger charge is 2.05. The van der Waals surface area contributed by atoms with Crippen LogP contribution in [0.2, 0.25) is 5.02 Å². The average Bonchev–Trinajstić information content (AvgIpc) is 2.52. The van der Waals surface area contributed by atoms with Gasteiger partial charge < -0.3 is 0 Å². The number of hydrogen-bond acceptors (Lipinski definition) is 1. The molecule has 0 amide bonds. The summed E-state index contributed by atoms with van der Waals surface area (Å²) < 4.78 is 2.86. The first-order chi connectivity index (χ1) is 6.29. The molecule has 65 valence electrons. The summed E-state index contributed by atoms with van der Waals surface area (Å²) in [5.74, 6) is 0.721. The molecule has 0 saturated carbocycles. The molecule has 0 unspecified atom stereocenters. The molecule has 0 N–H and O–H groups in total. The van der Waals surface area contributed by atoms with Crippen LogP contribution in [-0.4, -0.2) is 9.55 Å². The van der Waals surface area contributed by atoms with Crippen molar-refractivity contribution in [3.63, 3.8) is 0 Å². The molecule has 0 spiro atoms. The lowest BCUT2D eigenvalue weighted by molar-refractivity contribution is 0.974. The van der Waals surface area contributed by atoms with Gasteiger partial charge in [0.15, 0.2) is 5.82 Å². The Morgan fingerprint density at radius 3 is 2.92 bits per heavy atom. The van der Waals surface area contributed by atoms with E-state index in [4.69, 9.17) is 11.6 Å². The highest BCUT2D eigenvalue weighted by Crippen LogP contribution is 2.19. The Hall–Kier alpha value is -0.550. The van der Waals surface area contributed by atoms with Crippen molar-refractivity contribution in [2.24, 2.45) is 0 Å². The first-order valence-corrected chi connectivity index (χ1v) is 5.10. The normalized spacial score (nSPS) is 10.3. The number of rotatable bonds is 1. The minimum Gasteiger partial charge on any atom is -0.286 e. The monoisotopic (exact) mass is 303 g/mol. The van der Waals surface area contributed by atoms with Gasteiger partial charge in [-0.2, -0.15) is 0 Å². The van der Waals surface area contributed by atoms with Gasteiger partial charge in [0.25, 0.3) is 0 Å². The van der Waals surface area contributed by atoms with E-state index in [1.165, 1.54) is 0 Å². The van der Waals surface area contributed by atoms with Gasteiger partial charge in [0.1, 0.15) is 0 Å². The van der Waals surface area contributed by atoms with Crippen molar-refractivity contribution >= 4 is 34.2 Å². The van der Waals surface area contributed by atoms with Gasteiger partial charge in [-0.3, -0.25) is 4.57 Å². The third-order valence-electron chi connectivity index (χ3n) is 1.59. The predicted molar refractivity (Wildman–Crippen MR) is 60.1 cm³/mol. The van der Waals surface area contributed by atoms with Crippen molar-refractivity contribution in [3.8, 4) is 5.82 Å². The highest BCUT2D eigenvalue weighted by atomic mass is 127. The van der Waals surface area contributed by atoms with Gasteiger partial charge in [-0.25, -0.2) is 4.98 Å². The fourth-order valence-corrected chi connectivity index (χ4v) is 1.77. The second-order valence-electron chi connectivity index (χ2n) is 2.43. The fourth-order valence-electron chi connectivity index (χ4n) is 1.02. The van der Waals surface area contributed by atoms with Crippen LogP contribution in [0.3, 0.4) is 0 Å². The molecular formula is C9H5ClIN2. The minimum absolute atomic E-state index is 0.632. The van der Waals surface area contributed by atoms with Crippen LogP contribution in [0.5, 0.6) is 0 Å². The topological polar surface area (TPSA) is 17.8 Å². The second kappa shape index (κ2) is 3.67. The fraction of sp³-hybridized carbons (Fsp3) is 0. The predicted octanol–water partition coefficient (Wildman–Crippen LogP) is 2.93. The molecule has 2 nitrogen and oxygen atoms in total. The van der Waals surface area contributed by atoms with Crippen LogP contribution < -0.4 is 0 Å². The van der Waals surface area contributed by atoms with Gasteiger partial charge in [0, 0.05) is 6.20 Å². The third kappa shape index (κ3) is 1.71. The van der Waals surface area contributed by atoms with Crippen molar-refractivity contribution in [3.05, 3.63) is 45.4 Å². The van der Waals surface area contributed by atoms with Gasteiger partial charge in [-0.15, -0.1) is 0 Å². The summed E-state index contributed by atoms with van der Waals surface area (Å²) in [5, 5.41) is 0.632. The van der Waals surface area contributed by atoms with Crippen LogP contribution in [0.4, 0.5) is 0 Å². The molecule has 0 saturated heterocycles. The maximum atomic E-state index is 5.98. The number of halogens is 2. The van der Waals surface area contributed by atoms with Gasteiger partial charge in [-0.1, -0.05) is 11.6 Å². The van der Waals surface area contributed by atoms with Gasteiger partial charge >= 0.3 is 0 Å². The maximum absolute atomic E-state index is 5.98. The molecule has 4 heteroatoms. The van der Waals surface area contributed by atoms with Crippen molar-refractivity contribution in [1.82, 2.24) is 9.55 Å². The molecule has 2 heterocycles. The molecule has 13 heavy (non-hydrogen) atoms. The molecule has 1 radical (unpaired) electrons. The van der Waals surface area contributed by atoms with Crippen molar-refractivity contribution in [1.29, 1.82) is 0 Å². The summed E-state index contributed by atoms with van der Waals surface area (Å²) in [6, 6.07) is 7.41. The summed E-state index contributed by atoms with van der Waals surface area (Å²) in [6.45, 7) is 0. The van der Waals surface area contributed by atoms with E-state index in [0.29, 0.717) is 5.02 Å². The van der Waals surface area contributed by atoms with E-state index in [1.807, 2.05) is 28.8 Å². The molecule has 0 aliphatic heterocycles. The molecule has 0 aliphatic carbocycles. The zero-order valence-electron chi connectivity index (χ0n) is 6.54. The smallest absolute Gasteiger partial charge is 0.156 e. The van der Waals surface area contributed by atoms with Crippen LogP contribution in [0.25, 0.3) is 5.82 Å². The molecule has 2 aromatic rings. The molecule has 0 aliphatic rings. The van der Waals surface area contributed by atoms with Crippen molar-refractivity contribution < 1.29 is 0 Å². The lowest BCUT2D eigenvalue weighted by atomic mass is 10.4. The van der Waals surface area contributed by atoms with E-state index >= 15 is 0 Å². The standard InChI is InChI=1S/C9H5ClIN2/c10-7-3-1-5-12-9(7)13-6-2-4-8(13)11/h1-5H. The molecule has 2 rings (SSSR count). The molecule has 2 aromatic heterocycles. The summed E-state index contributed by atoms with van der Waals surface area (Å²) in [6.07, 6.45) is 4.74. The first kappa shape index (κ1) is 9.02. The second-order valence-corrected chi connectivity index (χ2v) is 3.94. The molecule has 0 atom stereocenters. The van der Waals surface area contributed by atoms with Crippen molar-refractivity contribution in [2.75, 3.05) is 0 Å². The Morgan fingerprint density at radius 1 is 1.46 bits per heavy atom. The van der Waals surface area contributed by atoms with E-state index in [-0.39, 0.29) is 0 Å². The summed E-state index contributed by atoms with van der Waals surface area (Å²) in [5.41, 5.74) is 0. The summed E-state index contributed by atoms with van der Waals surface area (Å²) in [7, 11) is 0. The van der Waals surface area contributed by atoms with Gasteiger partial charge in [0.05, 0.1) is 14.9 Å².